The molecule has 0 aliphatic heterocycles. The third-order valence-electron chi connectivity index (χ3n) is 7.62. The monoisotopic (exact) mass is 635 g/mol. The Balaban J connectivity index is 0.000000606. The molecule has 0 aliphatic carbocycles. The molecule has 0 bridgehead atoms. The van der Waals surface area contributed by atoms with Gasteiger partial charge in [0.25, 0.3) is 5.91 Å². The molecular weight excluding hydrogens is 591 g/mol. The number of carbonyl (C=O) groups excluding carboxylic acids is 2. The lowest BCUT2D eigenvalue weighted by atomic mass is 9.98. The first-order valence-electron chi connectivity index (χ1n) is 16.0. The van der Waals surface area contributed by atoms with Gasteiger partial charge in [0.15, 0.2) is 0 Å². The lowest BCUT2D eigenvalue weighted by Gasteiger charge is -2.15. The van der Waals surface area contributed by atoms with Gasteiger partial charge in [-0.15, -0.1) is 0 Å². The summed E-state index contributed by atoms with van der Waals surface area (Å²) in [6.45, 7) is 13.7. The summed E-state index contributed by atoms with van der Waals surface area (Å²) in [6.07, 6.45) is 1.81. The van der Waals surface area contributed by atoms with Crippen LogP contribution < -0.4 is 0 Å². The number of carbonyl (C=O) groups is 2. The number of thiol groups is 1. The van der Waals surface area contributed by atoms with Crippen LogP contribution in [0, 0.1) is 19.8 Å². The lowest BCUT2D eigenvalue weighted by molar-refractivity contribution is 0.0459. The maximum absolute atomic E-state index is 12.9. The second-order valence-corrected chi connectivity index (χ2v) is 12.4. The number of nitrogens with zero attached hydrogens (tertiary/aromatic N) is 3. The quantitative estimate of drug-likeness (QED) is 0.123. The molecule has 0 saturated carbocycles. The molecule has 0 saturated heterocycles. The van der Waals surface area contributed by atoms with Crippen molar-refractivity contribution in [2.24, 2.45) is 5.92 Å². The number of fused-ring (bicyclic) bond motifs is 1. The standard InChI is InChI=1S/C32H37N3O3S.C7H8/c1-6-10-29-33-30-22(5)17-25(31(36)35(39)7-2)18-28(30)34(29)19-23-13-15-24(16-14-23)26-11-8-9-12-27(26)32(37)38-20-21(3)4;1-7-5-3-2-4-6-7/h8-9,11-18,21,39H,6-7,10,19-20H2,1-5H3;2-6H,1H3. The van der Waals surface area contributed by atoms with Gasteiger partial charge in [0, 0.05) is 25.1 Å². The SMILES string of the molecule is CCCc1nc2c(C)cc(C(=O)N(S)CC)cc2n1Cc1ccc(-c2ccccc2C(=O)OCC(C)C)cc1.Cc1ccccc1. The van der Waals surface area contributed by atoms with Crippen molar-refractivity contribution in [2.45, 2.75) is 60.9 Å². The summed E-state index contributed by atoms with van der Waals surface area (Å²) in [4.78, 5) is 30.6. The maximum atomic E-state index is 12.9. The number of imidazole rings is 1. The number of aryl methyl sites for hydroxylation is 3. The van der Waals surface area contributed by atoms with Crippen molar-refractivity contribution >= 4 is 35.7 Å². The van der Waals surface area contributed by atoms with Crippen LogP contribution in [0.15, 0.2) is 91.0 Å². The van der Waals surface area contributed by atoms with E-state index in [0.717, 1.165) is 52.0 Å². The van der Waals surface area contributed by atoms with Crippen LogP contribution in [0.3, 0.4) is 0 Å². The van der Waals surface area contributed by atoms with E-state index >= 15 is 0 Å². The second kappa shape index (κ2) is 16.3. The third-order valence-corrected chi connectivity index (χ3v) is 8.08. The van der Waals surface area contributed by atoms with Crippen LogP contribution in [0.1, 0.15) is 77.3 Å². The second-order valence-electron chi connectivity index (χ2n) is 11.9. The number of aromatic nitrogens is 2. The zero-order valence-corrected chi connectivity index (χ0v) is 28.7. The largest absolute Gasteiger partial charge is 0.462 e. The van der Waals surface area contributed by atoms with Gasteiger partial charge >= 0.3 is 5.97 Å². The Kier molecular flexibility index (Phi) is 12.2. The predicted octanol–water partition coefficient (Wildman–Crippen LogP) is 9.13. The highest BCUT2D eigenvalue weighted by Gasteiger charge is 2.19. The summed E-state index contributed by atoms with van der Waals surface area (Å²) < 4.78 is 9.13. The van der Waals surface area contributed by atoms with Gasteiger partial charge in [-0.25, -0.2) is 9.78 Å². The molecule has 46 heavy (non-hydrogen) atoms. The molecule has 5 aromatic rings. The number of ether oxygens (including phenoxy) is 1. The number of hydrogen-bond donors (Lipinski definition) is 1. The molecule has 0 fully saturated rings. The van der Waals surface area contributed by atoms with E-state index in [1.807, 2.05) is 94.4 Å². The zero-order chi connectivity index (χ0) is 33.2. The Labute approximate surface area is 279 Å². The first-order chi connectivity index (χ1) is 22.1. The van der Waals surface area contributed by atoms with Crippen molar-refractivity contribution in [2.75, 3.05) is 13.2 Å². The minimum Gasteiger partial charge on any atom is -0.462 e. The minimum absolute atomic E-state index is 0.120. The first kappa shape index (κ1) is 34.5. The molecular formula is C39H45N3O3S. The summed E-state index contributed by atoms with van der Waals surface area (Å²) >= 11 is 4.32. The van der Waals surface area contributed by atoms with Gasteiger partial charge in [0.2, 0.25) is 0 Å². The average molecular weight is 636 g/mol. The molecule has 6 nitrogen and oxygen atoms in total. The fourth-order valence-corrected chi connectivity index (χ4v) is 5.30. The van der Waals surface area contributed by atoms with Gasteiger partial charge in [0.05, 0.1) is 23.2 Å². The van der Waals surface area contributed by atoms with Crippen LogP contribution in [-0.4, -0.2) is 38.9 Å². The summed E-state index contributed by atoms with van der Waals surface area (Å²) in [5, 5.41) is 0. The smallest absolute Gasteiger partial charge is 0.338 e. The molecule has 0 radical (unpaired) electrons. The molecule has 4 aromatic carbocycles. The Morgan fingerprint density at radius 3 is 2.20 bits per heavy atom. The molecule has 0 spiro atoms. The average Bonchev–Trinajstić information content (AvgIpc) is 3.41. The van der Waals surface area contributed by atoms with E-state index in [1.54, 1.807) is 0 Å². The Hall–Kier alpha value is -4.36. The van der Waals surface area contributed by atoms with Gasteiger partial charge in [-0.1, -0.05) is 112 Å². The van der Waals surface area contributed by atoms with E-state index in [9.17, 15) is 9.59 Å². The highest BCUT2D eigenvalue weighted by molar-refractivity contribution is 7.78. The normalized spacial score (nSPS) is 10.9. The maximum Gasteiger partial charge on any atom is 0.338 e. The number of rotatable bonds is 10. The molecule has 7 heteroatoms. The van der Waals surface area contributed by atoms with Crippen LogP contribution in [0.4, 0.5) is 0 Å². The van der Waals surface area contributed by atoms with Crippen LogP contribution >= 0.6 is 12.8 Å². The summed E-state index contributed by atoms with van der Waals surface area (Å²) in [6, 6.07) is 29.9. The van der Waals surface area contributed by atoms with Gasteiger partial charge in [-0.05, 0) is 73.6 Å². The van der Waals surface area contributed by atoms with E-state index in [-0.39, 0.29) is 17.8 Å². The topological polar surface area (TPSA) is 64.4 Å². The molecule has 1 aromatic heterocycles. The van der Waals surface area contributed by atoms with Gasteiger partial charge in [0.1, 0.15) is 5.82 Å². The Morgan fingerprint density at radius 2 is 1.59 bits per heavy atom. The van der Waals surface area contributed by atoms with E-state index in [0.29, 0.717) is 30.8 Å². The zero-order valence-electron chi connectivity index (χ0n) is 27.8. The fourth-order valence-electron chi connectivity index (χ4n) is 5.19. The Bertz CT molecular complexity index is 1760. The fraction of sp³-hybridized carbons (Fsp3) is 0.308. The third kappa shape index (κ3) is 8.67. The minimum atomic E-state index is -0.305. The number of esters is 1. The summed E-state index contributed by atoms with van der Waals surface area (Å²) in [5.41, 5.74) is 8.25. The van der Waals surface area contributed by atoms with Crippen molar-refractivity contribution < 1.29 is 14.3 Å². The lowest BCUT2D eigenvalue weighted by Crippen LogP contribution is -2.21. The number of hydrogen-bond acceptors (Lipinski definition) is 5. The van der Waals surface area contributed by atoms with Crippen molar-refractivity contribution in [3.8, 4) is 11.1 Å². The van der Waals surface area contributed by atoms with Crippen LogP contribution in [0.25, 0.3) is 22.2 Å². The molecule has 1 heterocycles. The highest BCUT2D eigenvalue weighted by atomic mass is 32.1. The molecule has 0 N–H and O–H groups in total. The van der Waals surface area contributed by atoms with E-state index in [4.69, 9.17) is 9.72 Å². The van der Waals surface area contributed by atoms with Crippen molar-refractivity contribution in [3.05, 3.63) is 125 Å². The Morgan fingerprint density at radius 1 is 0.913 bits per heavy atom. The molecule has 0 atom stereocenters. The van der Waals surface area contributed by atoms with E-state index < -0.39 is 0 Å². The molecule has 1 amide bonds. The number of benzene rings is 4. The van der Waals surface area contributed by atoms with E-state index in [2.05, 4.69) is 55.5 Å². The van der Waals surface area contributed by atoms with Crippen molar-refractivity contribution in [1.82, 2.24) is 13.9 Å². The van der Waals surface area contributed by atoms with Crippen LogP contribution in [0.2, 0.25) is 0 Å². The van der Waals surface area contributed by atoms with Crippen molar-refractivity contribution in [1.29, 1.82) is 0 Å². The molecule has 0 unspecified atom stereocenters. The molecule has 240 valence electrons. The van der Waals surface area contributed by atoms with Gasteiger partial charge < -0.3 is 9.30 Å². The molecule has 0 aliphatic rings. The molecule has 5 rings (SSSR count). The first-order valence-corrected chi connectivity index (χ1v) is 16.4. The highest BCUT2D eigenvalue weighted by Crippen LogP contribution is 2.28. The summed E-state index contributed by atoms with van der Waals surface area (Å²) in [7, 11) is 0. The van der Waals surface area contributed by atoms with Crippen LogP contribution in [-0.2, 0) is 17.7 Å². The van der Waals surface area contributed by atoms with Crippen molar-refractivity contribution in [3.63, 3.8) is 0 Å². The number of amides is 1. The predicted molar refractivity (Wildman–Crippen MR) is 191 cm³/mol. The van der Waals surface area contributed by atoms with E-state index in [1.165, 1.54) is 9.87 Å². The van der Waals surface area contributed by atoms with Gasteiger partial charge in [-0.3, -0.25) is 9.10 Å². The van der Waals surface area contributed by atoms with Gasteiger partial charge in [-0.2, -0.15) is 0 Å². The summed E-state index contributed by atoms with van der Waals surface area (Å²) in [5.74, 6) is 0.853. The van der Waals surface area contributed by atoms with Crippen LogP contribution in [0.5, 0.6) is 0 Å².